The molecule has 1 spiro atoms. The topological polar surface area (TPSA) is 21.3 Å². The highest BCUT2D eigenvalue weighted by Crippen LogP contribution is 2.46. The molecule has 0 aromatic heterocycles. The third kappa shape index (κ3) is 2.64. The Balaban J connectivity index is 1.39. The molecule has 0 aromatic rings. The number of alkyl halides is 1. The van der Waals surface area contributed by atoms with Crippen molar-refractivity contribution in [1.82, 2.24) is 5.32 Å². The van der Waals surface area contributed by atoms with Gasteiger partial charge in [-0.2, -0.15) is 0 Å². The van der Waals surface area contributed by atoms with Crippen LogP contribution >= 0.6 is 11.6 Å². The van der Waals surface area contributed by atoms with E-state index in [0.29, 0.717) is 11.5 Å². The van der Waals surface area contributed by atoms with E-state index >= 15 is 0 Å². The largest absolute Gasteiger partial charge is 0.370 e. The molecule has 1 heterocycles. The molecule has 98 valence electrons. The van der Waals surface area contributed by atoms with Crippen LogP contribution in [0.3, 0.4) is 0 Å². The lowest BCUT2D eigenvalue weighted by Crippen LogP contribution is -2.34. The predicted octanol–water partition coefficient (Wildman–Crippen LogP) is 3.09. The quantitative estimate of drug-likeness (QED) is 0.765. The Morgan fingerprint density at radius 3 is 2.53 bits per heavy atom. The molecule has 1 atom stereocenters. The van der Waals surface area contributed by atoms with Crippen LogP contribution in [0, 0.1) is 5.41 Å². The van der Waals surface area contributed by atoms with Crippen LogP contribution < -0.4 is 5.32 Å². The Kier molecular flexibility index (Phi) is 3.40. The van der Waals surface area contributed by atoms with E-state index in [4.69, 9.17) is 16.3 Å². The second-order valence-electron chi connectivity index (χ2n) is 6.43. The summed E-state index contributed by atoms with van der Waals surface area (Å²) in [7, 11) is 0. The maximum absolute atomic E-state index is 6.28. The number of hydrogen-bond donors (Lipinski definition) is 1. The first-order chi connectivity index (χ1) is 8.26. The van der Waals surface area contributed by atoms with Crippen molar-refractivity contribution in [3.8, 4) is 0 Å². The summed E-state index contributed by atoms with van der Waals surface area (Å²) in [6.45, 7) is 2.11. The minimum absolute atomic E-state index is 0.288. The molecule has 0 aromatic carbocycles. The van der Waals surface area contributed by atoms with Gasteiger partial charge in [0.05, 0.1) is 11.7 Å². The molecule has 0 amide bonds. The Morgan fingerprint density at radius 1 is 1.12 bits per heavy atom. The third-order valence-electron chi connectivity index (χ3n) is 4.97. The Bertz CT molecular complexity index is 271. The van der Waals surface area contributed by atoms with Crippen LogP contribution in [0.15, 0.2) is 0 Å². The lowest BCUT2D eigenvalue weighted by Gasteiger charge is -2.24. The van der Waals surface area contributed by atoms with E-state index in [9.17, 15) is 0 Å². The molecule has 17 heavy (non-hydrogen) atoms. The number of rotatable bonds is 5. The van der Waals surface area contributed by atoms with Crippen molar-refractivity contribution in [2.45, 2.75) is 63.1 Å². The minimum Gasteiger partial charge on any atom is -0.370 e. The van der Waals surface area contributed by atoms with E-state index in [-0.39, 0.29) is 5.60 Å². The first-order valence-corrected chi connectivity index (χ1v) is 7.74. The van der Waals surface area contributed by atoms with E-state index in [2.05, 4.69) is 5.32 Å². The maximum atomic E-state index is 6.28. The van der Waals surface area contributed by atoms with Crippen LogP contribution in [-0.4, -0.2) is 30.7 Å². The molecule has 1 unspecified atom stereocenters. The van der Waals surface area contributed by atoms with Crippen LogP contribution in [0.1, 0.15) is 51.4 Å². The van der Waals surface area contributed by atoms with Crippen LogP contribution in [0.2, 0.25) is 0 Å². The summed E-state index contributed by atoms with van der Waals surface area (Å²) in [5.74, 6) is 0.815. The molecule has 0 radical (unpaired) electrons. The van der Waals surface area contributed by atoms with Gasteiger partial charge in [0.15, 0.2) is 0 Å². The van der Waals surface area contributed by atoms with Crippen molar-refractivity contribution in [3.05, 3.63) is 0 Å². The molecule has 3 aliphatic rings. The SMILES string of the molecule is ClCC1(CNCC2CCC3(CCCC3)O2)CC1. The second-order valence-corrected chi connectivity index (χ2v) is 6.70. The highest BCUT2D eigenvalue weighted by atomic mass is 35.5. The molecule has 3 rings (SSSR count). The molecular formula is C14H24ClNO. The van der Waals surface area contributed by atoms with E-state index < -0.39 is 0 Å². The molecule has 1 N–H and O–H groups in total. The molecule has 1 aliphatic heterocycles. The molecule has 0 bridgehead atoms. The molecular weight excluding hydrogens is 234 g/mol. The van der Waals surface area contributed by atoms with Crippen LogP contribution in [0.5, 0.6) is 0 Å². The Morgan fingerprint density at radius 2 is 1.88 bits per heavy atom. The highest BCUT2D eigenvalue weighted by molar-refractivity contribution is 6.18. The van der Waals surface area contributed by atoms with Crippen LogP contribution in [0.4, 0.5) is 0 Å². The fraction of sp³-hybridized carbons (Fsp3) is 1.00. The first kappa shape index (κ1) is 12.3. The fourth-order valence-corrected chi connectivity index (χ4v) is 3.82. The number of halogens is 1. The summed E-state index contributed by atoms with van der Waals surface area (Å²) >= 11 is 5.98. The van der Waals surface area contributed by atoms with Crippen molar-refractivity contribution in [2.24, 2.45) is 5.41 Å². The smallest absolute Gasteiger partial charge is 0.0708 e. The molecule has 3 fully saturated rings. The number of ether oxygens (including phenoxy) is 1. The summed E-state index contributed by atoms with van der Waals surface area (Å²) in [5, 5.41) is 3.58. The summed E-state index contributed by atoms with van der Waals surface area (Å²) in [4.78, 5) is 0. The average Bonchev–Trinajstić information content (AvgIpc) is 2.81. The third-order valence-corrected chi connectivity index (χ3v) is 5.53. The average molecular weight is 258 g/mol. The summed E-state index contributed by atoms with van der Waals surface area (Å²) < 4.78 is 6.28. The molecule has 2 nitrogen and oxygen atoms in total. The summed E-state index contributed by atoms with van der Waals surface area (Å²) in [5.41, 5.74) is 0.724. The van der Waals surface area contributed by atoms with Crippen LogP contribution in [-0.2, 0) is 4.74 Å². The van der Waals surface area contributed by atoms with Gasteiger partial charge in [0.1, 0.15) is 0 Å². The van der Waals surface area contributed by atoms with Gasteiger partial charge in [0, 0.05) is 19.0 Å². The molecule has 2 saturated carbocycles. The fourth-order valence-electron chi connectivity index (χ4n) is 3.46. The van der Waals surface area contributed by atoms with Gasteiger partial charge in [-0.05, 0) is 43.9 Å². The van der Waals surface area contributed by atoms with Gasteiger partial charge in [-0.25, -0.2) is 0 Å². The van der Waals surface area contributed by atoms with Gasteiger partial charge < -0.3 is 10.1 Å². The standard InChI is InChI=1S/C14H24ClNO/c15-10-13(7-8-13)11-16-9-12-3-6-14(17-12)4-1-2-5-14/h12,16H,1-11H2. The van der Waals surface area contributed by atoms with Gasteiger partial charge in [0.2, 0.25) is 0 Å². The molecule has 1 saturated heterocycles. The monoisotopic (exact) mass is 257 g/mol. The van der Waals surface area contributed by atoms with Gasteiger partial charge in [0.25, 0.3) is 0 Å². The Hall–Kier alpha value is 0.210. The van der Waals surface area contributed by atoms with Gasteiger partial charge >= 0.3 is 0 Å². The minimum atomic E-state index is 0.288. The zero-order chi connectivity index (χ0) is 11.8. The van der Waals surface area contributed by atoms with E-state index in [1.54, 1.807) is 0 Å². The zero-order valence-corrected chi connectivity index (χ0v) is 11.4. The van der Waals surface area contributed by atoms with Crippen molar-refractivity contribution >= 4 is 11.6 Å². The number of nitrogens with one attached hydrogen (secondary N) is 1. The van der Waals surface area contributed by atoms with Gasteiger partial charge in [-0.15, -0.1) is 11.6 Å². The normalized spacial score (nSPS) is 33.4. The van der Waals surface area contributed by atoms with E-state index in [0.717, 1.165) is 19.0 Å². The van der Waals surface area contributed by atoms with Crippen molar-refractivity contribution < 1.29 is 4.74 Å². The second kappa shape index (κ2) is 4.71. The first-order valence-electron chi connectivity index (χ1n) is 7.21. The number of hydrogen-bond acceptors (Lipinski definition) is 2. The van der Waals surface area contributed by atoms with E-state index in [1.165, 1.54) is 51.4 Å². The summed E-state index contributed by atoms with van der Waals surface area (Å²) in [6, 6.07) is 0. The zero-order valence-electron chi connectivity index (χ0n) is 10.6. The van der Waals surface area contributed by atoms with Crippen molar-refractivity contribution in [2.75, 3.05) is 19.0 Å². The highest BCUT2D eigenvalue weighted by Gasteiger charge is 2.43. The van der Waals surface area contributed by atoms with Crippen molar-refractivity contribution in [3.63, 3.8) is 0 Å². The van der Waals surface area contributed by atoms with Crippen LogP contribution in [0.25, 0.3) is 0 Å². The lowest BCUT2D eigenvalue weighted by atomic mass is 9.98. The van der Waals surface area contributed by atoms with Crippen molar-refractivity contribution in [1.29, 1.82) is 0 Å². The van der Waals surface area contributed by atoms with Gasteiger partial charge in [-0.3, -0.25) is 0 Å². The predicted molar refractivity (Wildman–Crippen MR) is 70.6 cm³/mol. The Labute approximate surface area is 109 Å². The lowest BCUT2D eigenvalue weighted by molar-refractivity contribution is -0.0352. The maximum Gasteiger partial charge on any atom is 0.0708 e. The molecule has 2 aliphatic carbocycles. The molecule has 3 heteroatoms. The van der Waals surface area contributed by atoms with E-state index in [1.807, 2.05) is 0 Å². The summed E-state index contributed by atoms with van der Waals surface area (Å²) in [6.07, 6.45) is 11.0. The van der Waals surface area contributed by atoms with Gasteiger partial charge in [-0.1, -0.05) is 12.8 Å².